The van der Waals surface area contributed by atoms with E-state index in [1.54, 1.807) is 34.9 Å². The summed E-state index contributed by atoms with van der Waals surface area (Å²) in [6.07, 6.45) is 2.87. The number of hydrogen-bond donors (Lipinski definition) is 0. The molecule has 0 radical (unpaired) electrons. The molecular weight excluding hydrogens is 416 g/mol. The lowest BCUT2D eigenvalue weighted by molar-refractivity contribution is -0.118. The van der Waals surface area contributed by atoms with Gasteiger partial charge in [-0.1, -0.05) is 49.7 Å². The number of fused-ring (bicyclic) bond motifs is 3. The quantitative estimate of drug-likeness (QED) is 0.365. The van der Waals surface area contributed by atoms with Crippen LogP contribution in [0.15, 0.2) is 41.6 Å². The lowest BCUT2D eigenvalue weighted by Crippen LogP contribution is -2.35. The van der Waals surface area contributed by atoms with E-state index in [1.165, 1.54) is 12.8 Å². The Morgan fingerprint density at radius 1 is 1.20 bits per heavy atom. The van der Waals surface area contributed by atoms with Crippen LogP contribution < -0.4 is 9.64 Å². The molecule has 1 amide bonds. The second kappa shape index (κ2) is 9.14. The molecule has 0 saturated carbocycles. The first-order chi connectivity index (χ1) is 14.6. The van der Waals surface area contributed by atoms with Crippen LogP contribution in [0, 0.1) is 6.92 Å². The van der Waals surface area contributed by atoms with E-state index >= 15 is 0 Å². The number of carbonyl (C=O) groups excluding carboxylic acids is 1. The standard InChI is InChI=1S/C22H24N4O2S2/c1-4-5-8-13-29-22-23-20-19(24-25-22)16-9-6-7-10-17(16)26(15(3)27)21(28-20)18-12-11-14(2)30-18/h6-7,9-12,21H,4-5,8,13H2,1-3H3/t21-/m1/s1. The minimum Gasteiger partial charge on any atom is -0.446 e. The molecule has 0 saturated heterocycles. The van der Waals surface area contributed by atoms with E-state index in [4.69, 9.17) is 4.74 Å². The number of ether oxygens (including phenoxy) is 1. The van der Waals surface area contributed by atoms with Gasteiger partial charge in [-0.2, -0.15) is 4.98 Å². The largest absolute Gasteiger partial charge is 0.446 e. The van der Waals surface area contributed by atoms with Gasteiger partial charge in [-0.3, -0.25) is 9.69 Å². The van der Waals surface area contributed by atoms with Crippen molar-refractivity contribution < 1.29 is 9.53 Å². The molecule has 4 rings (SSSR count). The van der Waals surface area contributed by atoms with E-state index in [9.17, 15) is 4.79 Å². The number of anilines is 1. The predicted molar refractivity (Wildman–Crippen MR) is 121 cm³/mol. The number of benzene rings is 1. The molecule has 0 bridgehead atoms. The average molecular weight is 441 g/mol. The molecule has 30 heavy (non-hydrogen) atoms. The normalized spacial score (nSPS) is 15.2. The maximum atomic E-state index is 12.7. The van der Waals surface area contributed by atoms with Crippen molar-refractivity contribution in [2.24, 2.45) is 0 Å². The molecule has 6 nitrogen and oxygen atoms in total. The van der Waals surface area contributed by atoms with Gasteiger partial charge < -0.3 is 4.74 Å². The summed E-state index contributed by atoms with van der Waals surface area (Å²) in [5.41, 5.74) is 2.10. The van der Waals surface area contributed by atoms with Crippen molar-refractivity contribution in [3.8, 4) is 17.1 Å². The number of para-hydroxylation sites is 1. The highest BCUT2D eigenvalue weighted by atomic mass is 32.2. The number of carbonyl (C=O) groups is 1. The fourth-order valence-electron chi connectivity index (χ4n) is 3.40. The van der Waals surface area contributed by atoms with Gasteiger partial charge in [-0.25, -0.2) is 0 Å². The first-order valence-corrected chi connectivity index (χ1v) is 11.9. The Labute approximate surface area is 184 Å². The molecular formula is C22H24N4O2S2. The zero-order valence-electron chi connectivity index (χ0n) is 17.3. The van der Waals surface area contributed by atoms with Gasteiger partial charge in [0.25, 0.3) is 0 Å². The maximum absolute atomic E-state index is 12.7. The number of thioether (sulfide) groups is 1. The SMILES string of the molecule is CCCCCSc1nnc2c(n1)O[C@H](c1ccc(C)s1)N(C(C)=O)c1ccccc1-2. The molecule has 156 valence electrons. The van der Waals surface area contributed by atoms with Crippen LogP contribution in [0.4, 0.5) is 5.69 Å². The number of amides is 1. The average Bonchev–Trinajstić information content (AvgIpc) is 3.11. The first-order valence-electron chi connectivity index (χ1n) is 10.1. The molecule has 3 heterocycles. The molecule has 2 aromatic heterocycles. The Balaban J connectivity index is 1.78. The highest BCUT2D eigenvalue weighted by molar-refractivity contribution is 7.99. The zero-order valence-corrected chi connectivity index (χ0v) is 18.9. The zero-order chi connectivity index (χ0) is 21.1. The van der Waals surface area contributed by atoms with Crippen molar-refractivity contribution in [1.82, 2.24) is 15.2 Å². The Kier molecular flexibility index (Phi) is 6.34. The molecule has 1 atom stereocenters. The molecule has 0 spiro atoms. The minimum atomic E-state index is -0.599. The lowest BCUT2D eigenvalue weighted by Gasteiger charge is -2.28. The van der Waals surface area contributed by atoms with Crippen LogP contribution >= 0.6 is 23.1 Å². The van der Waals surface area contributed by atoms with Crippen molar-refractivity contribution in [1.29, 1.82) is 0 Å². The summed E-state index contributed by atoms with van der Waals surface area (Å²) in [4.78, 5) is 21.2. The molecule has 8 heteroatoms. The van der Waals surface area contributed by atoms with E-state index in [-0.39, 0.29) is 5.91 Å². The number of unbranched alkanes of at least 4 members (excludes halogenated alkanes) is 2. The van der Waals surface area contributed by atoms with Crippen LogP contribution in [0.1, 0.15) is 49.1 Å². The van der Waals surface area contributed by atoms with Gasteiger partial charge in [-0.15, -0.1) is 21.5 Å². The lowest BCUT2D eigenvalue weighted by atomic mass is 10.1. The maximum Gasteiger partial charge on any atom is 0.247 e. The second-order valence-corrected chi connectivity index (χ2v) is 9.51. The van der Waals surface area contributed by atoms with Crippen LogP contribution in [0.2, 0.25) is 0 Å². The molecule has 3 aromatic rings. The van der Waals surface area contributed by atoms with Crippen LogP contribution in [0.3, 0.4) is 0 Å². The number of aromatic nitrogens is 3. The van der Waals surface area contributed by atoms with Gasteiger partial charge in [0.1, 0.15) is 0 Å². The van der Waals surface area contributed by atoms with Crippen molar-refractivity contribution in [3.05, 3.63) is 46.2 Å². The number of hydrogen-bond acceptors (Lipinski definition) is 7. The Morgan fingerprint density at radius 3 is 2.77 bits per heavy atom. The van der Waals surface area contributed by atoms with Gasteiger partial charge in [0.05, 0.1) is 10.6 Å². The fraction of sp³-hybridized carbons (Fsp3) is 0.364. The molecule has 0 aliphatic carbocycles. The third kappa shape index (κ3) is 4.20. The number of rotatable bonds is 6. The monoisotopic (exact) mass is 440 g/mol. The fourth-order valence-corrected chi connectivity index (χ4v) is 5.08. The summed E-state index contributed by atoms with van der Waals surface area (Å²) >= 11 is 3.20. The van der Waals surface area contributed by atoms with E-state index in [0.29, 0.717) is 16.7 Å². The van der Waals surface area contributed by atoms with Crippen LogP contribution in [0.5, 0.6) is 5.88 Å². The third-order valence-corrected chi connectivity index (χ3v) is 6.79. The van der Waals surface area contributed by atoms with Gasteiger partial charge in [-0.05, 0) is 31.5 Å². The van der Waals surface area contributed by atoms with Crippen molar-refractivity contribution in [3.63, 3.8) is 0 Å². The van der Waals surface area contributed by atoms with Crippen molar-refractivity contribution in [2.45, 2.75) is 51.4 Å². The van der Waals surface area contributed by atoms with Crippen LogP contribution in [-0.4, -0.2) is 26.8 Å². The first kappa shape index (κ1) is 20.8. The molecule has 1 aromatic carbocycles. The molecule has 0 N–H and O–H groups in total. The highest BCUT2D eigenvalue weighted by Gasteiger charge is 2.35. The van der Waals surface area contributed by atoms with Crippen molar-refractivity contribution in [2.75, 3.05) is 10.7 Å². The topological polar surface area (TPSA) is 68.2 Å². The van der Waals surface area contributed by atoms with E-state index in [2.05, 4.69) is 22.1 Å². The summed E-state index contributed by atoms with van der Waals surface area (Å²) < 4.78 is 6.37. The van der Waals surface area contributed by atoms with Gasteiger partial charge in [0.15, 0.2) is 5.69 Å². The van der Waals surface area contributed by atoms with Gasteiger partial charge in [0, 0.05) is 23.1 Å². The van der Waals surface area contributed by atoms with Gasteiger partial charge >= 0.3 is 0 Å². The minimum absolute atomic E-state index is 0.103. The van der Waals surface area contributed by atoms with Gasteiger partial charge in [0.2, 0.25) is 23.2 Å². The summed E-state index contributed by atoms with van der Waals surface area (Å²) in [6.45, 7) is 5.78. The molecule has 0 unspecified atom stereocenters. The number of thiophene rings is 1. The summed E-state index contributed by atoms with van der Waals surface area (Å²) in [5, 5.41) is 9.37. The van der Waals surface area contributed by atoms with Crippen LogP contribution in [-0.2, 0) is 4.79 Å². The smallest absolute Gasteiger partial charge is 0.247 e. The van der Waals surface area contributed by atoms with Crippen LogP contribution in [0.25, 0.3) is 11.3 Å². The molecule has 1 aliphatic rings. The Morgan fingerprint density at radius 2 is 2.03 bits per heavy atom. The Bertz CT molecular complexity index is 1050. The molecule has 1 aliphatic heterocycles. The molecule has 0 fully saturated rings. The Hall–Kier alpha value is -2.45. The van der Waals surface area contributed by atoms with Crippen molar-refractivity contribution >= 4 is 34.7 Å². The van der Waals surface area contributed by atoms with E-state index in [1.807, 2.05) is 43.3 Å². The van der Waals surface area contributed by atoms with E-state index < -0.39 is 6.23 Å². The summed E-state index contributed by atoms with van der Waals surface area (Å²) in [7, 11) is 0. The summed E-state index contributed by atoms with van der Waals surface area (Å²) in [6, 6.07) is 11.7. The summed E-state index contributed by atoms with van der Waals surface area (Å²) in [5.74, 6) is 1.25. The third-order valence-electron chi connectivity index (χ3n) is 4.83. The highest BCUT2D eigenvalue weighted by Crippen LogP contribution is 2.44. The number of nitrogens with zero attached hydrogens (tertiary/aromatic N) is 4. The number of aryl methyl sites for hydroxylation is 1. The van der Waals surface area contributed by atoms with E-state index in [0.717, 1.165) is 33.2 Å². The second-order valence-electron chi connectivity index (χ2n) is 7.13. The predicted octanol–water partition coefficient (Wildman–Crippen LogP) is 5.63.